The van der Waals surface area contributed by atoms with E-state index in [1.807, 2.05) is 4.90 Å². The van der Waals surface area contributed by atoms with Crippen molar-refractivity contribution < 1.29 is 28.2 Å². The molecule has 1 fully saturated rings. The van der Waals surface area contributed by atoms with Crippen LogP contribution in [0.25, 0.3) is 10.9 Å². The molecule has 7 nitrogen and oxygen atoms in total. The van der Waals surface area contributed by atoms with Crippen molar-refractivity contribution in [2.45, 2.75) is 32.4 Å². The van der Waals surface area contributed by atoms with Crippen molar-refractivity contribution >= 4 is 28.5 Å². The van der Waals surface area contributed by atoms with E-state index in [2.05, 4.69) is 22.1 Å². The van der Waals surface area contributed by atoms with Gasteiger partial charge in [0, 0.05) is 25.1 Å². The minimum atomic E-state index is -1.26. The molecule has 4 rings (SSSR count). The zero-order chi connectivity index (χ0) is 27.9. The van der Waals surface area contributed by atoms with E-state index in [4.69, 9.17) is 4.74 Å². The Kier molecular flexibility index (Phi) is 9.10. The molecule has 1 aromatic heterocycles. The number of benzene rings is 2. The quantitative estimate of drug-likeness (QED) is 0.385. The second kappa shape index (κ2) is 12.7. The van der Waals surface area contributed by atoms with Crippen molar-refractivity contribution in [1.29, 1.82) is 0 Å². The standard InChI is InChI=1S/C30H31F2N3O4/c1-19(36)34-28-9-6-22(31)16-21(28)4-3-14-35-15-12-20(26(18-35)30(37)38)5-8-27(32)24-11-13-33-29-10-7-23(39-2)17-25(24)29/h6-7,9-11,13,16-17,20,26-27H,5,8,12,14-15,18H2,1-2H3,(H,34,36)(H,37,38)/t20-,26+,27+/m1/s1. The lowest BCUT2D eigenvalue weighted by Crippen LogP contribution is -2.44. The van der Waals surface area contributed by atoms with Gasteiger partial charge >= 0.3 is 5.97 Å². The maximum atomic E-state index is 15.4. The number of halogens is 2. The van der Waals surface area contributed by atoms with E-state index in [0.29, 0.717) is 65.9 Å². The third-order valence-electron chi connectivity index (χ3n) is 7.09. The number of methoxy groups -OCH3 is 1. The molecule has 0 saturated carbocycles. The number of rotatable bonds is 8. The van der Waals surface area contributed by atoms with Gasteiger partial charge < -0.3 is 15.2 Å². The van der Waals surface area contributed by atoms with Crippen LogP contribution < -0.4 is 10.1 Å². The van der Waals surface area contributed by atoms with Crippen molar-refractivity contribution in [2.75, 3.05) is 32.1 Å². The summed E-state index contributed by atoms with van der Waals surface area (Å²) in [4.78, 5) is 29.7. The number of carboxylic acid groups (broad SMARTS) is 1. The molecule has 3 atom stereocenters. The lowest BCUT2D eigenvalue weighted by molar-refractivity contribution is -0.146. The van der Waals surface area contributed by atoms with Crippen LogP contribution >= 0.6 is 0 Å². The van der Waals surface area contributed by atoms with Crippen LogP contribution in [0.1, 0.15) is 43.5 Å². The summed E-state index contributed by atoms with van der Waals surface area (Å²) in [5.41, 5.74) is 1.97. The number of nitrogens with one attached hydrogen (secondary N) is 1. The van der Waals surface area contributed by atoms with Crippen LogP contribution in [0.3, 0.4) is 0 Å². The third kappa shape index (κ3) is 7.09. The minimum absolute atomic E-state index is 0.165. The first-order chi connectivity index (χ1) is 18.7. The van der Waals surface area contributed by atoms with E-state index >= 15 is 4.39 Å². The molecular formula is C30H31F2N3O4. The highest BCUT2D eigenvalue weighted by Crippen LogP contribution is 2.35. The van der Waals surface area contributed by atoms with Gasteiger partial charge in [-0.15, -0.1) is 0 Å². The molecule has 3 aromatic rings. The van der Waals surface area contributed by atoms with Gasteiger partial charge in [-0.2, -0.15) is 0 Å². The number of alkyl halides is 1. The van der Waals surface area contributed by atoms with Crippen LogP contribution in [-0.2, 0) is 9.59 Å². The second-order valence-electron chi connectivity index (χ2n) is 9.73. The van der Waals surface area contributed by atoms with Crippen molar-refractivity contribution in [3.8, 4) is 17.6 Å². The van der Waals surface area contributed by atoms with Crippen LogP contribution in [0.2, 0.25) is 0 Å². The number of likely N-dealkylation sites (tertiary alicyclic amines) is 1. The second-order valence-corrected chi connectivity index (χ2v) is 9.73. The van der Waals surface area contributed by atoms with Crippen molar-refractivity contribution in [3.05, 3.63) is 65.6 Å². The Hall–Kier alpha value is -4.03. The van der Waals surface area contributed by atoms with Gasteiger partial charge in [0.25, 0.3) is 0 Å². The number of aliphatic carboxylic acids is 1. The molecule has 1 amide bonds. The SMILES string of the molecule is COc1ccc2nccc([C@@H](F)CC[C@@H]3CCN(CC#Cc4cc(F)ccc4NC(C)=O)C[C@@H]3C(=O)O)c2c1. The molecule has 0 radical (unpaired) electrons. The largest absolute Gasteiger partial charge is 0.497 e. The monoisotopic (exact) mass is 535 g/mol. The van der Waals surface area contributed by atoms with Crippen molar-refractivity contribution in [1.82, 2.24) is 9.88 Å². The Morgan fingerprint density at radius 2 is 2.08 bits per heavy atom. The summed E-state index contributed by atoms with van der Waals surface area (Å²) in [7, 11) is 1.55. The third-order valence-corrected chi connectivity index (χ3v) is 7.09. The van der Waals surface area contributed by atoms with Crippen LogP contribution in [0.5, 0.6) is 5.75 Å². The average Bonchev–Trinajstić information content (AvgIpc) is 2.92. The van der Waals surface area contributed by atoms with Crippen LogP contribution in [-0.4, -0.2) is 53.6 Å². The first-order valence-electron chi connectivity index (χ1n) is 12.8. The topological polar surface area (TPSA) is 91.8 Å². The zero-order valence-corrected chi connectivity index (χ0v) is 21.9. The molecule has 2 N–H and O–H groups in total. The van der Waals surface area contributed by atoms with E-state index in [9.17, 15) is 19.1 Å². The number of anilines is 1. The van der Waals surface area contributed by atoms with Crippen LogP contribution in [0, 0.1) is 29.5 Å². The first kappa shape index (κ1) is 28.0. The summed E-state index contributed by atoms with van der Waals surface area (Å²) in [6.45, 7) is 2.57. The fourth-order valence-electron chi connectivity index (χ4n) is 5.06. The van der Waals surface area contributed by atoms with Gasteiger partial charge in [-0.1, -0.05) is 11.8 Å². The van der Waals surface area contributed by atoms with Crippen LogP contribution in [0.15, 0.2) is 48.7 Å². The van der Waals surface area contributed by atoms with Gasteiger partial charge in [-0.25, -0.2) is 8.78 Å². The van der Waals surface area contributed by atoms with Gasteiger partial charge in [-0.05, 0) is 79.8 Å². The number of hydrogen-bond donors (Lipinski definition) is 2. The number of aromatic nitrogens is 1. The summed E-state index contributed by atoms with van der Waals surface area (Å²) in [5, 5.41) is 13.2. The van der Waals surface area contributed by atoms with E-state index in [-0.39, 0.29) is 18.2 Å². The molecule has 9 heteroatoms. The average molecular weight is 536 g/mol. The van der Waals surface area contributed by atoms with Crippen molar-refractivity contribution in [2.24, 2.45) is 11.8 Å². The summed E-state index contributed by atoms with van der Waals surface area (Å²) in [6, 6.07) is 11.0. The molecule has 1 aliphatic heterocycles. The van der Waals surface area contributed by atoms with E-state index in [1.165, 1.54) is 25.1 Å². The van der Waals surface area contributed by atoms with Gasteiger partial charge in [0.05, 0.1) is 36.3 Å². The number of pyridine rings is 1. The highest BCUT2D eigenvalue weighted by atomic mass is 19.1. The maximum absolute atomic E-state index is 15.4. The molecule has 39 heavy (non-hydrogen) atoms. The van der Waals surface area contributed by atoms with Crippen LogP contribution in [0.4, 0.5) is 14.5 Å². The summed E-state index contributed by atoms with van der Waals surface area (Å²) < 4.78 is 34.4. The fraction of sp³-hybridized carbons (Fsp3) is 0.367. The number of carbonyl (C=O) groups is 2. The molecule has 0 unspecified atom stereocenters. The van der Waals surface area contributed by atoms with Gasteiger partial charge in [-0.3, -0.25) is 19.5 Å². The summed E-state index contributed by atoms with van der Waals surface area (Å²) in [5.74, 6) is 4.00. The molecule has 2 heterocycles. The number of amides is 1. The Morgan fingerprint density at radius 3 is 2.82 bits per heavy atom. The predicted molar refractivity (Wildman–Crippen MR) is 145 cm³/mol. The molecule has 0 spiro atoms. The lowest BCUT2D eigenvalue weighted by atomic mass is 9.81. The number of carbonyl (C=O) groups excluding carboxylic acids is 1. The highest BCUT2D eigenvalue weighted by Gasteiger charge is 2.34. The Labute approximate surface area is 226 Å². The Bertz CT molecular complexity index is 1420. The molecule has 2 aromatic carbocycles. The fourth-order valence-corrected chi connectivity index (χ4v) is 5.06. The smallest absolute Gasteiger partial charge is 0.308 e. The summed E-state index contributed by atoms with van der Waals surface area (Å²) in [6.07, 6.45) is 1.57. The summed E-state index contributed by atoms with van der Waals surface area (Å²) >= 11 is 0. The van der Waals surface area contributed by atoms with E-state index in [0.717, 1.165) is 0 Å². The number of hydrogen-bond acceptors (Lipinski definition) is 5. The molecule has 1 saturated heterocycles. The number of carboxylic acids is 1. The number of nitrogens with zero attached hydrogens (tertiary/aromatic N) is 2. The first-order valence-corrected chi connectivity index (χ1v) is 12.8. The number of ether oxygens (including phenoxy) is 1. The highest BCUT2D eigenvalue weighted by molar-refractivity contribution is 5.90. The molecule has 204 valence electrons. The number of piperidine rings is 1. The minimum Gasteiger partial charge on any atom is -0.497 e. The van der Waals surface area contributed by atoms with Gasteiger partial charge in [0.1, 0.15) is 17.7 Å². The normalized spacial score (nSPS) is 18.2. The van der Waals surface area contributed by atoms with Gasteiger partial charge in [0.2, 0.25) is 5.91 Å². The maximum Gasteiger partial charge on any atom is 0.308 e. The molecule has 1 aliphatic rings. The predicted octanol–water partition coefficient (Wildman–Crippen LogP) is 5.21. The Balaban J connectivity index is 1.39. The number of fused-ring (bicyclic) bond motifs is 1. The molecule has 0 aliphatic carbocycles. The van der Waals surface area contributed by atoms with Gasteiger partial charge in [0.15, 0.2) is 0 Å². The van der Waals surface area contributed by atoms with Crippen molar-refractivity contribution in [3.63, 3.8) is 0 Å². The van der Waals surface area contributed by atoms with E-state index < -0.39 is 23.9 Å². The lowest BCUT2D eigenvalue weighted by Gasteiger charge is -2.35. The molecular weight excluding hydrogens is 504 g/mol. The van der Waals surface area contributed by atoms with E-state index in [1.54, 1.807) is 37.6 Å². The Morgan fingerprint density at radius 1 is 1.26 bits per heavy atom. The molecule has 0 bridgehead atoms. The zero-order valence-electron chi connectivity index (χ0n) is 21.9.